The van der Waals surface area contributed by atoms with E-state index in [1.54, 1.807) is 7.11 Å². The van der Waals surface area contributed by atoms with E-state index < -0.39 is 0 Å². The fourth-order valence-electron chi connectivity index (χ4n) is 5.26. The van der Waals surface area contributed by atoms with Crippen molar-refractivity contribution in [2.75, 3.05) is 33.3 Å². The van der Waals surface area contributed by atoms with Crippen LogP contribution in [0.1, 0.15) is 36.9 Å². The molecule has 7 heteroatoms. The van der Waals surface area contributed by atoms with Crippen molar-refractivity contribution in [1.29, 1.82) is 0 Å². The third kappa shape index (κ3) is 5.43. The Morgan fingerprint density at radius 1 is 0.775 bits per heavy atom. The van der Waals surface area contributed by atoms with E-state index in [9.17, 15) is 9.59 Å². The van der Waals surface area contributed by atoms with E-state index in [2.05, 4.69) is 33.7 Å². The topological polar surface area (TPSA) is 54.8 Å². The summed E-state index contributed by atoms with van der Waals surface area (Å²) in [5, 5.41) is 0. The van der Waals surface area contributed by atoms with Crippen molar-refractivity contribution in [2.24, 2.45) is 0 Å². The molecule has 6 rings (SSSR count). The molecule has 0 N–H and O–H groups in total. The highest BCUT2D eigenvalue weighted by Gasteiger charge is 2.27. The largest absolute Gasteiger partial charge is 0.497 e. The molecule has 5 aromatic rings. The number of benzene rings is 3. The Labute approximate surface area is 238 Å². The number of carbonyl (C=O) groups is 2. The van der Waals surface area contributed by atoms with Gasteiger partial charge in [-0.15, -0.1) is 11.3 Å². The van der Waals surface area contributed by atoms with Crippen molar-refractivity contribution < 1.29 is 14.3 Å². The molecule has 1 saturated heterocycles. The van der Waals surface area contributed by atoms with Crippen LogP contribution in [0.2, 0.25) is 0 Å². The van der Waals surface area contributed by atoms with E-state index in [1.807, 2.05) is 77.7 Å². The second-order valence-electron chi connectivity index (χ2n) is 10.1. The highest BCUT2D eigenvalue weighted by Crippen LogP contribution is 2.32. The van der Waals surface area contributed by atoms with Gasteiger partial charge >= 0.3 is 0 Å². The molecule has 0 unspecified atom stereocenters. The highest BCUT2D eigenvalue weighted by molar-refractivity contribution is 7.21. The summed E-state index contributed by atoms with van der Waals surface area (Å²) in [7, 11) is 1.65. The fourth-order valence-corrected chi connectivity index (χ4v) is 6.32. The Hall–Kier alpha value is -4.20. The van der Waals surface area contributed by atoms with Gasteiger partial charge in [-0.05, 0) is 35.4 Å². The van der Waals surface area contributed by atoms with E-state index in [0.29, 0.717) is 35.8 Å². The zero-order chi connectivity index (χ0) is 27.5. The first-order chi connectivity index (χ1) is 19.6. The molecule has 3 heterocycles. The Bertz CT molecular complexity index is 1620. The normalized spacial score (nSPS) is 14.0. The van der Waals surface area contributed by atoms with E-state index in [4.69, 9.17) is 4.74 Å². The monoisotopic (exact) mass is 549 g/mol. The Kier molecular flexibility index (Phi) is 7.49. The van der Waals surface area contributed by atoms with Gasteiger partial charge in [0.25, 0.3) is 5.91 Å². The van der Waals surface area contributed by atoms with Gasteiger partial charge < -0.3 is 14.2 Å². The van der Waals surface area contributed by atoms with Crippen molar-refractivity contribution in [2.45, 2.75) is 13.1 Å². The Balaban J connectivity index is 1.27. The van der Waals surface area contributed by atoms with E-state index >= 15 is 0 Å². The standard InChI is InChI=1S/C33H31N3O3S/c1-39-27-14-12-25(13-15-27)23-36-28-20-31(32(37)26-10-6-3-7-11-26)40-30(28)21-29(36)33(38)35-18-16-34(17-19-35)22-24-8-4-2-5-9-24/h2-15,20-21H,16-19,22-23H2,1H3. The lowest BCUT2D eigenvalue weighted by Crippen LogP contribution is -2.48. The number of ether oxygens (including phenoxy) is 1. The van der Waals surface area contributed by atoms with Crippen LogP contribution >= 0.6 is 11.3 Å². The summed E-state index contributed by atoms with van der Waals surface area (Å²) in [5.74, 6) is 0.824. The number of hydrogen-bond acceptors (Lipinski definition) is 5. The molecule has 0 aliphatic carbocycles. The number of methoxy groups -OCH3 is 1. The van der Waals surface area contributed by atoms with Crippen LogP contribution in [0.25, 0.3) is 10.2 Å². The van der Waals surface area contributed by atoms with Crippen molar-refractivity contribution >= 4 is 33.2 Å². The molecule has 0 spiro atoms. The van der Waals surface area contributed by atoms with Crippen molar-refractivity contribution in [1.82, 2.24) is 14.4 Å². The minimum atomic E-state index is 0.000196. The molecule has 1 fully saturated rings. The molecule has 1 amide bonds. The summed E-state index contributed by atoms with van der Waals surface area (Å²) < 4.78 is 8.33. The number of amides is 1. The van der Waals surface area contributed by atoms with Crippen molar-refractivity contribution in [3.8, 4) is 5.75 Å². The van der Waals surface area contributed by atoms with Crippen molar-refractivity contribution in [3.05, 3.63) is 124 Å². The maximum Gasteiger partial charge on any atom is 0.270 e. The SMILES string of the molecule is COc1ccc(Cn2c(C(=O)N3CCN(Cc4ccccc4)CC3)cc3sc(C(=O)c4ccccc4)cc32)cc1. The predicted octanol–water partition coefficient (Wildman–Crippen LogP) is 5.95. The van der Waals surface area contributed by atoms with Gasteiger partial charge in [0, 0.05) is 44.8 Å². The third-order valence-corrected chi connectivity index (χ3v) is 8.55. The quantitative estimate of drug-likeness (QED) is 0.225. The zero-order valence-electron chi connectivity index (χ0n) is 22.5. The second kappa shape index (κ2) is 11.5. The molecular weight excluding hydrogens is 518 g/mol. The molecule has 202 valence electrons. The van der Waals surface area contributed by atoms with E-state index in [1.165, 1.54) is 16.9 Å². The van der Waals surface area contributed by atoms with Gasteiger partial charge in [-0.2, -0.15) is 0 Å². The first-order valence-electron chi connectivity index (χ1n) is 13.5. The average molecular weight is 550 g/mol. The van der Waals surface area contributed by atoms with Gasteiger partial charge in [-0.3, -0.25) is 14.5 Å². The van der Waals surface area contributed by atoms with Gasteiger partial charge in [0.15, 0.2) is 0 Å². The highest BCUT2D eigenvalue weighted by atomic mass is 32.1. The van der Waals surface area contributed by atoms with Gasteiger partial charge in [0.1, 0.15) is 11.4 Å². The third-order valence-electron chi connectivity index (χ3n) is 7.48. The molecule has 6 nitrogen and oxygen atoms in total. The van der Waals surface area contributed by atoms with Gasteiger partial charge in [-0.25, -0.2) is 0 Å². The van der Waals surface area contributed by atoms with Crippen LogP contribution in [0.5, 0.6) is 5.75 Å². The second-order valence-corrected chi connectivity index (χ2v) is 11.2. The summed E-state index contributed by atoms with van der Waals surface area (Å²) in [4.78, 5) is 32.1. The van der Waals surface area contributed by atoms with Gasteiger partial charge in [0.05, 0.1) is 22.2 Å². The van der Waals surface area contributed by atoms with Crippen LogP contribution in [-0.2, 0) is 13.1 Å². The number of ketones is 1. The van der Waals surface area contributed by atoms with Crippen LogP contribution in [0, 0.1) is 0 Å². The number of rotatable bonds is 8. The first-order valence-corrected chi connectivity index (χ1v) is 14.3. The van der Waals surface area contributed by atoms with E-state index in [0.717, 1.165) is 41.2 Å². The summed E-state index contributed by atoms with van der Waals surface area (Å²) in [6.45, 7) is 4.46. The number of carbonyl (C=O) groups excluding carboxylic acids is 2. The predicted molar refractivity (Wildman–Crippen MR) is 159 cm³/mol. The minimum absolute atomic E-state index is 0.000196. The zero-order valence-corrected chi connectivity index (χ0v) is 23.3. The number of fused-ring (bicyclic) bond motifs is 1. The molecule has 0 radical (unpaired) electrons. The average Bonchev–Trinajstić information content (AvgIpc) is 3.57. The Morgan fingerprint density at radius 3 is 2.10 bits per heavy atom. The van der Waals surface area contributed by atoms with Crippen LogP contribution in [0.15, 0.2) is 97.1 Å². The summed E-state index contributed by atoms with van der Waals surface area (Å²) in [6, 6.07) is 31.6. The minimum Gasteiger partial charge on any atom is -0.497 e. The first kappa shape index (κ1) is 26.0. The summed E-state index contributed by atoms with van der Waals surface area (Å²) in [6.07, 6.45) is 0. The molecule has 0 saturated carbocycles. The lowest BCUT2D eigenvalue weighted by molar-refractivity contribution is 0.0619. The van der Waals surface area contributed by atoms with E-state index in [-0.39, 0.29) is 11.7 Å². The van der Waals surface area contributed by atoms with Crippen molar-refractivity contribution in [3.63, 3.8) is 0 Å². The smallest absolute Gasteiger partial charge is 0.270 e. The lowest BCUT2D eigenvalue weighted by Gasteiger charge is -2.35. The van der Waals surface area contributed by atoms with Crippen LogP contribution in [-0.4, -0.2) is 59.3 Å². The Morgan fingerprint density at radius 2 is 1.43 bits per heavy atom. The number of nitrogens with zero attached hydrogens (tertiary/aromatic N) is 3. The molecule has 40 heavy (non-hydrogen) atoms. The maximum atomic E-state index is 13.9. The number of piperazine rings is 1. The van der Waals surface area contributed by atoms with Crippen LogP contribution < -0.4 is 4.74 Å². The molecule has 3 aromatic carbocycles. The summed E-state index contributed by atoms with van der Waals surface area (Å²) >= 11 is 1.45. The molecule has 2 aromatic heterocycles. The number of aromatic nitrogens is 1. The molecule has 0 bridgehead atoms. The fraction of sp³-hybridized carbons (Fsp3) is 0.212. The van der Waals surface area contributed by atoms with Gasteiger partial charge in [0.2, 0.25) is 5.78 Å². The van der Waals surface area contributed by atoms with Gasteiger partial charge in [-0.1, -0.05) is 72.8 Å². The van der Waals surface area contributed by atoms with Crippen LogP contribution in [0.4, 0.5) is 0 Å². The molecule has 1 aliphatic heterocycles. The molecule has 1 aliphatic rings. The maximum absolute atomic E-state index is 13.9. The molecular formula is C33H31N3O3S. The summed E-state index contributed by atoms with van der Waals surface area (Å²) in [5.41, 5.74) is 4.58. The number of thiophene rings is 1. The number of hydrogen-bond donors (Lipinski definition) is 0. The lowest BCUT2D eigenvalue weighted by atomic mass is 10.1. The molecule has 0 atom stereocenters. The van der Waals surface area contributed by atoms with Crippen LogP contribution in [0.3, 0.4) is 0 Å².